The molecule has 0 unspecified atom stereocenters. The molecule has 6 aromatic carbocycles. The Morgan fingerprint density at radius 3 is 2.18 bits per heavy atom. The number of aromatic nitrogens is 3. The van der Waals surface area contributed by atoms with Crippen molar-refractivity contribution in [2.45, 2.75) is 0 Å². The summed E-state index contributed by atoms with van der Waals surface area (Å²) in [5, 5.41) is 6.16. The minimum absolute atomic E-state index is 0.939. The first-order valence-electron chi connectivity index (χ1n) is 13.2. The van der Waals surface area contributed by atoms with E-state index in [9.17, 15) is 0 Å². The van der Waals surface area contributed by atoms with Gasteiger partial charge in [0.15, 0.2) is 0 Å². The molecule has 0 aliphatic carbocycles. The Kier molecular flexibility index (Phi) is 4.82. The fraction of sp³-hybridized carbons (Fsp3) is 0. The Morgan fingerprint density at radius 2 is 1.28 bits per heavy atom. The summed E-state index contributed by atoms with van der Waals surface area (Å²) >= 11 is 0. The molecule has 2 aromatic heterocycles. The van der Waals surface area contributed by atoms with E-state index >= 15 is 0 Å². The maximum atomic E-state index is 5.00. The molecular weight excluding hydrogens is 474 g/mol. The largest absolute Gasteiger partial charge is 0.292 e. The summed E-state index contributed by atoms with van der Waals surface area (Å²) < 4.78 is 2.25. The van der Waals surface area contributed by atoms with E-state index in [0.29, 0.717) is 0 Å². The highest BCUT2D eigenvalue weighted by Crippen LogP contribution is 2.37. The molecule has 0 saturated carbocycles. The van der Waals surface area contributed by atoms with Crippen LogP contribution < -0.4 is 0 Å². The van der Waals surface area contributed by atoms with Crippen LogP contribution in [0.3, 0.4) is 0 Å². The van der Waals surface area contributed by atoms with Crippen molar-refractivity contribution in [1.82, 2.24) is 14.5 Å². The van der Waals surface area contributed by atoms with Crippen LogP contribution >= 0.6 is 0 Å². The molecule has 182 valence electrons. The summed E-state index contributed by atoms with van der Waals surface area (Å²) in [6, 6.07) is 47.1. The summed E-state index contributed by atoms with van der Waals surface area (Å²) in [4.78, 5) is 9.84. The first-order valence-corrected chi connectivity index (χ1v) is 13.2. The first kappa shape index (κ1) is 21.8. The van der Waals surface area contributed by atoms with Crippen molar-refractivity contribution in [3.8, 4) is 28.2 Å². The van der Waals surface area contributed by atoms with Crippen LogP contribution in [0.1, 0.15) is 0 Å². The van der Waals surface area contributed by atoms with Gasteiger partial charge in [-0.25, -0.2) is 4.98 Å². The lowest BCUT2D eigenvalue weighted by Gasteiger charge is -2.14. The molecule has 8 aromatic rings. The fourth-order valence-electron chi connectivity index (χ4n) is 5.81. The fourth-order valence-corrected chi connectivity index (χ4v) is 5.81. The monoisotopic (exact) mass is 497 g/mol. The summed E-state index contributed by atoms with van der Waals surface area (Å²) in [6.07, 6.45) is 1.89. The minimum atomic E-state index is 0.939. The lowest BCUT2D eigenvalue weighted by molar-refractivity contribution is 1.10. The zero-order chi connectivity index (χ0) is 25.8. The van der Waals surface area contributed by atoms with Crippen molar-refractivity contribution >= 4 is 43.5 Å². The molecule has 3 nitrogen and oxygen atoms in total. The second-order valence-electron chi connectivity index (χ2n) is 9.88. The van der Waals surface area contributed by atoms with Gasteiger partial charge in [0, 0.05) is 28.4 Å². The topological polar surface area (TPSA) is 30.7 Å². The number of hydrogen-bond donors (Lipinski definition) is 0. The van der Waals surface area contributed by atoms with Crippen LogP contribution in [0.4, 0.5) is 0 Å². The Balaban J connectivity index is 1.34. The smallest absolute Gasteiger partial charge is 0.145 e. The van der Waals surface area contributed by atoms with Gasteiger partial charge < -0.3 is 0 Å². The Morgan fingerprint density at radius 1 is 0.513 bits per heavy atom. The van der Waals surface area contributed by atoms with Crippen LogP contribution in [0.25, 0.3) is 71.7 Å². The highest BCUT2D eigenvalue weighted by molar-refractivity contribution is 6.20. The lowest BCUT2D eigenvalue weighted by Crippen LogP contribution is -1.97. The maximum Gasteiger partial charge on any atom is 0.145 e. The lowest BCUT2D eigenvalue weighted by atomic mass is 9.93. The predicted octanol–water partition coefficient (Wildman–Crippen LogP) is 9.21. The molecule has 8 rings (SSSR count). The average molecular weight is 498 g/mol. The van der Waals surface area contributed by atoms with E-state index in [0.717, 1.165) is 44.8 Å². The number of fused-ring (bicyclic) bond motifs is 6. The van der Waals surface area contributed by atoms with Crippen molar-refractivity contribution in [2.75, 3.05) is 0 Å². The zero-order valence-electron chi connectivity index (χ0n) is 21.1. The second kappa shape index (κ2) is 8.64. The van der Waals surface area contributed by atoms with E-state index in [4.69, 9.17) is 9.97 Å². The summed E-state index contributed by atoms with van der Waals surface area (Å²) in [5.74, 6) is 0.939. The van der Waals surface area contributed by atoms with Gasteiger partial charge in [0.25, 0.3) is 0 Å². The number of nitrogens with zero attached hydrogens (tertiary/aromatic N) is 3. The third kappa shape index (κ3) is 3.44. The maximum absolute atomic E-state index is 5.00. The van der Waals surface area contributed by atoms with Gasteiger partial charge in [0.2, 0.25) is 0 Å². The molecule has 0 spiro atoms. The first-order chi connectivity index (χ1) is 19.3. The van der Waals surface area contributed by atoms with Gasteiger partial charge in [0.1, 0.15) is 5.82 Å². The summed E-state index contributed by atoms with van der Waals surface area (Å²) in [7, 11) is 0. The summed E-state index contributed by atoms with van der Waals surface area (Å²) in [6.45, 7) is 0. The van der Waals surface area contributed by atoms with Crippen molar-refractivity contribution in [3.05, 3.63) is 140 Å². The average Bonchev–Trinajstić information content (AvgIpc) is 3.41. The van der Waals surface area contributed by atoms with Gasteiger partial charge in [-0.15, -0.1) is 0 Å². The van der Waals surface area contributed by atoms with Crippen LogP contribution in [0.15, 0.2) is 140 Å². The molecule has 0 bridgehead atoms. The van der Waals surface area contributed by atoms with Crippen LogP contribution in [-0.2, 0) is 0 Å². The van der Waals surface area contributed by atoms with Crippen molar-refractivity contribution < 1.29 is 0 Å². The van der Waals surface area contributed by atoms with Gasteiger partial charge in [0.05, 0.1) is 16.6 Å². The molecule has 0 aliphatic rings. The highest BCUT2D eigenvalue weighted by atomic mass is 15.1. The number of para-hydroxylation sites is 2. The molecule has 0 fully saturated rings. The molecule has 3 heteroatoms. The van der Waals surface area contributed by atoms with Crippen LogP contribution in [0, 0.1) is 0 Å². The van der Waals surface area contributed by atoms with E-state index in [2.05, 4.69) is 120 Å². The highest BCUT2D eigenvalue weighted by Gasteiger charge is 2.15. The van der Waals surface area contributed by atoms with E-state index in [1.165, 1.54) is 26.9 Å². The number of hydrogen-bond acceptors (Lipinski definition) is 2. The quantitative estimate of drug-likeness (QED) is 0.228. The third-order valence-electron chi connectivity index (χ3n) is 7.64. The molecule has 0 aliphatic heterocycles. The van der Waals surface area contributed by atoms with Gasteiger partial charge in [-0.3, -0.25) is 9.55 Å². The van der Waals surface area contributed by atoms with Crippen LogP contribution in [-0.4, -0.2) is 14.5 Å². The molecule has 0 N–H and O–H groups in total. The minimum Gasteiger partial charge on any atom is -0.292 e. The second-order valence-corrected chi connectivity index (χ2v) is 9.88. The van der Waals surface area contributed by atoms with Crippen LogP contribution in [0.2, 0.25) is 0 Å². The molecule has 0 radical (unpaired) electrons. The van der Waals surface area contributed by atoms with E-state index < -0.39 is 0 Å². The van der Waals surface area contributed by atoms with Crippen LogP contribution in [0.5, 0.6) is 0 Å². The molecular formula is C36H23N3. The van der Waals surface area contributed by atoms with Crippen molar-refractivity contribution in [1.29, 1.82) is 0 Å². The summed E-state index contributed by atoms with van der Waals surface area (Å²) in [5.41, 5.74) is 7.54. The molecule has 0 atom stereocenters. The molecule has 39 heavy (non-hydrogen) atoms. The van der Waals surface area contributed by atoms with Gasteiger partial charge >= 0.3 is 0 Å². The predicted molar refractivity (Wildman–Crippen MR) is 162 cm³/mol. The molecule has 2 heterocycles. The van der Waals surface area contributed by atoms with Gasteiger partial charge in [-0.05, 0) is 63.5 Å². The Bertz CT molecular complexity index is 2160. The standard InChI is InChI=1S/C36H23N3/c1-2-10-26(11-3-1)36-38-33-14-6-7-15-34(33)39(36)27-19-16-25(17-20-27)31-23-32-28-12-5-4-9-24(28)18-21-29(32)30-13-8-22-37-35(30)31/h1-23H. The number of rotatable bonds is 3. The van der Waals surface area contributed by atoms with Crippen molar-refractivity contribution in [3.63, 3.8) is 0 Å². The Hall–Kier alpha value is -5.28. The zero-order valence-corrected chi connectivity index (χ0v) is 21.1. The number of benzene rings is 6. The Labute approximate surface area is 225 Å². The normalized spacial score (nSPS) is 11.6. The number of pyridine rings is 1. The van der Waals surface area contributed by atoms with Gasteiger partial charge in [-0.2, -0.15) is 0 Å². The van der Waals surface area contributed by atoms with E-state index in [1.54, 1.807) is 0 Å². The molecule has 0 saturated heterocycles. The van der Waals surface area contributed by atoms with Crippen molar-refractivity contribution in [2.24, 2.45) is 0 Å². The SMILES string of the molecule is c1ccc(-c2nc3ccccc3n2-c2ccc(-c3cc4c5ccccc5ccc4c4cccnc34)cc2)cc1. The van der Waals surface area contributed by atoms with E-state index in [1.807, 2.05) is 24.4 Å². The molecule has 0 amide bonds. The third-order valence-corrected chi connectivity index (χ3v) is 7.64. The number of imidazole rings is 1. The van der Waals surface area contributed by atoms with Gasteiger partial charge in [-0.1, -0.05) is 97.1 Å². The van der Waals surface area contributed by atoms with E-state index in [-0.39, 0.29) is 0 Å².